The average molecular weight is 233 g/mol. The number of ether oxygens (including phenoxy) is 1. The van der Waals surface area contributed by atoms with Gasteiger partial charge in [-0.25, -0.2) is 0 Å². The van der Waals surface area contributed by atoms with Gasteiger partial charge in [0.2, 0.25) is 0 Å². The van der Waals surface area contributed by atoms with E-state index in [1.807, 2.05) is 20.8 Å². The van der Waals surface area contributed by atoms with Gasteiger partial charge in [-0.3, -0.25) is 0 Å². The summed E-state index contributed by atoms with van der Waals surface area (Å²) in [5, 5.41) is 21.4. The Morgan fingerprint density at radius 3 is 2.31 bits per heavy atom. The van der Waals surface area contributed by atoms with Crippen LogP contribution < -0.4 is 5.32 Å². The molecule has 0 spiro atoms. The van der Waals surface area contributed by atoms with Crippen molar-refractivity contribution in [3.8, 4) is 0 Å². The zero-order valence-corrected chi connectivity index (χ0v) is 10.8. The maximum atomic E-state index is 9.07. The number of aliphatic hydroxyl groups excluding tert-OH is 2. The van der Waals surface area contributed by atoms with Gasteiger partial charge in [-0.1, -0.05) is 6.92 Å². The molecule has 0 bridgehead atoms. The molecule has 0 heterocycles. The van der Waals surface area contributed by atoms with Gasteiger partial charge in [0.15, 0.2) is 0 Å². The molecule has 0 aromatic carbocycles. The van der Waals surface area contributed by atoms with E-state index >= 15 is 0 Å². The van der Waals surface area contributed by atoms with Crippen molar-refractivity contribution in [3.63, 3.8) is 0 Å². The van der Waals surface area contributed by atoms with Gasteiger partial charge in [-0.15, -0.1) is 0 Å². The van der Waals surface area contributed by atoms with Crippen LogP contribution >= 0.6 is 0 Å². The zero-order valence-electron chi connectivity index (χ0n) is 10.8. The number of rotatable bonds is 10. The van der Waals surface area contributed by atoms with Crippen LogP contribution in [0.1, 0.15) is 33.6 Å². The lowest BCUT2D eigenvalue weighted by atomic mass is 9.93. The highest BCUT2D eigenvalue weighted by molar-refractivity contribution is 4.74. The fraction of sp³-hybridized carbons (Fsp3) is 1.00. The van der Waals surface area contributed by atoms with E-state index in [4.69, 9.17) is 14.9 Å². The monoisotopic (exact) mass is 233 g/mol. The van der Waals surface area contributed by atoms with E-state index in [-0.39, 0.29) is 13.2 Å². The number of hydrogen-bond acceptors (Lipinski definition) is 4. The molecule has 0 saturated heterocycles. The van der Waals surface area contributed by atoms with Crippen LogP contribution in [0.3, 0.4) is 0 Å². The largest absolute Gasteiger partial charge is 0.396 e. The summed E-state index contributed by atoms with van der Waals surface area (Å²) in [5.74, 6) is 0. The maximum Gasteiger partial charge on any atom is 0.0518 e. The highest BCUT2D eigenvalue weighted by Gasteiger charge is 2.21. The molecule has 0 saturated carbocycles. The summed E-state index contributed by atoms with van der Waals surface area (Å²) in [6.07, 6.45) is 2.40. The number of unbranched alkanes of at least 4 members (excludes halogenated alkanes) is 1. The molecule has 98 valence electrons. The molecule has 0 unspecified atom stereocenters. The van der Waals surface area contributed by atoms with Gasteiger partial charge in [-0.2, -0.15) is 0 Å². The van der Waals surface area contributed by atoms with Gasteiger partial charge >= 0.3 is 0 Å². The van der Waals surface area contributed by atoms with E-state index in [0.29, 0.717) is 12.6 Å². The first-order chi connectivity index (χ1) is 7.54. The second kappa shape index (κ2) is 8.93. The van der Waals surface area contributed by atoms with Crippen LogP contribution in [-0.2, 0) is 4.74 Å². The maximum absolute atomic E-state index is 9.07. The molecule has 4 heteroatoms. The van der Waals surface area contributed by atoms with E-state index in [2.05, 4.69) is 5.32 Å². The molecular formula is C12H27NO3. The van der Waals surface area contributed by atoms with Crippen molar-refractivity contribution < 1.29 is 14.9 Å². The summed E-state index contributed by atoms with van der Waals surface area (Å²) >= 11 is 0. The molecule has 4 nitrogen and oxygen atoms in total. The zero-order chi connectivity index (χ0) is 12.4. The molecule has 0 aliphatic rings. The summed E-state index contributed by atoms with van der Waals surface area (Å²) in [6, 6.07) is 0. The van der Waals surface area contributed by atoms with Gasteiger partial charge < -0.3 is 20.3 Å². The molecule has 0 aliphatic carbocycles. The van der Waals surface area contributed by atoms with E-state index < -0.39 is 5.41 Å². The third kappa shape index (κ3) is 8.05. The van der Waals surface area contributed by atoms with Crippen molar-refractivity contribution in [1.82, 2.24) is 5.32 Å². The molecule has 3 N–H and O–H groups in total. The standard InChI is InChI=1S/C12H27NO3/c1-11(2)16-7-5-4-6-13-8-12(3,9-14)10-15/h11,13-15H,4-10H2,1-3H3. The molecule has 0 rings (SSSR count). The van der Waals surface area contributed by atoms with E-state index in [1.165, 1.54) is 0 Å². The molecule has 16 heavy (non-hydrogen) atoms. The smallest absolute Gasteiger partial charge is 0.0518 e. The Balaban J connectivity index is 3.33. The Bertz CT molecular complexity index is 158. The van der Waals surface area contributed by atoms with Crippen molar-refractivity contribution in [2.75, 3.05) is 32.9 Å². The lowest BCUT2D eigenvalue weighted by Gasteiger charge is -2.24. The molecule has 0 aromatic rings. The van der Waals surface area contributed by atoms with Crippen molar-refractivity contribution in [2.45, 2.75) is 39.7 Å². The topological polar surface area (TPSA) is 61.7 Å². The number of aliphatic hydroxyl groups is 2. The molecular weight excluding hydrogens is 206 g/mol. The average Bonchev–Trinajstić information content (AvgIpc) is 2.27. The van der Waals surface area contributed by atoms with Crippen LogP contribution in [-0.4, -0.2) is 49.2 Å². The quantitative estimate of drug-likeness (QED) is 0.488. The first kappa shape index (κ1) is 15.8. The van der Waals surface area contributed by atoms with Gasteiger partial charge in [-0.05, 0) is 33.2 Å². The third-order valence-electron chi connectivity index (χ3n) is 2.51. The Morgan fingerprint density at radius 1 is 1.19 bits per heavy atom. The summed E-state index contributed by atoms with van der Waals surface area (Å²) in [6.45, 7) is 8.29. The second-order valence-corrected chi connectivity index (χ2v) is 4.93. The normalized spacial score (nSPS) is 12.4. The molecule has 0 fully saturated rings. The summed E-state index contributed by atoms with van der Waals surface area (Å²) in [7, 11) is 0. The lowest BCUT2D eigenvalue weighted by Crippen LogP contribution is -2.38. The Hall–Kier alpha value is -0.160. The summed E-state index contributed by atoms with van der Waals surface area (Å²) < 4.78 is 5.42. The van der Waals surface area contributed by atoms with Gasteiger partial charge in [0.05, 0.1) is 19.3 Å². The van der Waals surface area contributed by atoms with Gasteiger partial charge in [0.1, 0.15) is 0 Å². The van der Waals surface area contributed by atoms with Crippen LogP contribution in [0.25, 0.3) is 0 Å². The van der Waals surface area contributed by atoms with Crippen LogP contribution in [0.4, 0.5) is 0 Å². The number of hydrogen-bond donors (Lipinski definition) is 3. The Labute approximate surface area is 99.0 Å². The van der Waals surface area contributed by atoms with Gasteiger partial charge in [0.25, 0.3) is 0 Å². The van der Waals surface area contributed by atoms with Crippen molar-refractivity contribution >= 4 is 0 Å². The lowest BCUT2D eigenvalue weighted by molar-refractivity contribution is 0.0674. The Kier molecular flexibility index (Phi) is 8.84. The molecule has 0 aromatic heterocycles. The van der Waals surface area contributed by atoms with Crippen LogP contribution in [0.5, 0.6) is 0 Å². The van der Waals surface area contributed by atoms with Gasteiger partial charge in [0, 0.05) is 18.6 Å². The second-order valence-electron chi connectivity index (χ2n) is 4.93. The third-order valence-corrected chi connectivity index (χ3v) is 2.51. The molecule has 0 radical (unpaired) electrons. The fourth-order valence-electron chi connectivity index (χ4n) is 1.22. The number of nitrogens with one attached hydrogen (secondary N) is 1. The highest BCUT2D eigenvalue weighted by atomic mass is 16.5. The predicted molar refractivity (Wildman–Crippen MR) is 65.5 cm³/mol. The molecule has 0 aliphatic heterocycles. The minimum atomic E-state index is -0.408. The molecule has 0 atom stereocenters. The Morgan fingerprint density at radius 2 is 1.81 bits per heavy atom. The van der Waals surface area contributed by atoms with Crippen molar-refractivity contribution in [3.05, 3.63) is 0 Å². The SMILES string of the molecule is CC(C)OCCCCNCC(C)(CO)CO. The van der Waals surface area contributed by atoms with Crippen LogP contribution in [0.15, 0.2) is 0 Å². The predicted octanol–water partition coefficient (Wildman–Crippen LogP) is 0.772. The van der Waals surface area contributed by atoms with E-state index in [0.717, 1.165) is 26.0 Å². The summed E-state index contributed by atoms with van der Waals surface area (Å²) in [4.78, 5) is 0. The highest BCUT2D eigenvalue weighted by Crippen LogP contribution is 2.11. The molecule has 0 amide bonds. The van der Waals surface area contributed by atoms with Crippen LogP contribution in [0.2, 0.25) is 0 Å². The summed E-state index contributed by atoms with van der Waals surface area (Å²) in [5.41, 5.74) is -0.408. The minimum Gasteiger partial charge on any atom is -0.396 e. The van der Waals surface area contributed by atoms with Crippen LogP contribution in [0, 0.1) is 5.41 Å². The minimum absolute atomic E-state index is 0.00691. The fourth-order valence-corrected chi connectivity index (χ4v) is 1.22. The van der Waals surface area contributed by atoms with E-state index in [9.17, 15) is 0 Å². The first-order valence-corrected chi connectivity index (χ1v) is 6.08. The van der Waals surface area contributed by atoms with E-state index in [1.54, 1.807) is 0 Å². The van der Waals surface area contributed by atoms with Crippen molar-refractivity contribution in [2.24, 2.45) is 5.41 Å². The first-order valence-electron chi connectivity index (χ1n) is 6.08. The van der Waals surface area contributed by atoms with Crippen molar-refractivity contribution in [1.29, 1.82) is 0 Å².